The Hall–Kier alpha value is -1.94. The molecule has 0 radical (unpaired) electrons. The van der Waals surface area contributed by atoms with Crippen molar-refractivity contribution in [3.63, 3.8) is 0 Å². The Kier molecular flexibility index (Phi) is 5.90. The first-order chi connectivity index (χ1) is 10.6. The summed E-state index contributed by atoms with van der Waals surface area (Å²) in [7, 11) is 0. The third kappa shape index (κ3) is 4.53. The van der Waals surface area contributed by atoms with E-state index in [0.717, 1.165) is 28.6 Å². The second-order valence-electron chi connectivity index (χ2n) is 5.12. The first-order valence-corrected chi connectivity index (χ1v) is 8.09. The molecule has 0 saturated heterocycles. The lowest BCUT2D eigenvalue weighted by Gasteiger charge is -2.07. The molecule has 0 aromatic heterocycles. The van der Waals surface area contributed by atoms with E-state index in [4.69, 9.17) is 0 Å². The van der Waals surface area contributed by atoms with Crippen molar-refractivity contribution < 1.29 is 4.79 Å². The van der Waals surface area contributed by atoms with Gasteiger partial charge in [-0.25, -0.2) is 5.43 Å². The summed E-state index contributed by atoms with van der Waals surface area (Å²) in [6, 6.07) is 15.4. The van der Waals surface area contributed by atoms with Crippen molar-refractivity contribution in [1.82, 2.24) is 5.43 Å². The lowest BCUT2D eigenvalue weighted by molar-refractivity contribution is 0.0955. The van der Waals surface area contributed by atoms with Gasteiger partial charge in [-0.2, -0.15) is 5.10 Å². The highest BCUT2D eigenvalue weighted by atomic mass is 79.9. The predicted molar refractivity (Wildman–Crippen MR) is 94.2 cm³/mol. The van der Waals surface area contributed by atoms with E-state index < -0.39 is 0 Å². The van der Waals surface area contributed by atoms with Gasteiger partial charge in [-0.3, -0.25) is 4.79 Å². The molecular weight excluding hydrogens is 340 g/mol. The van der Waals surface area contributed by atoms with Crippen LogP contribution in [-0.2, 0) is 0 Å². The van der Waals surface area contributed by atoms with Crippen molar-refractivity contribution in [2.45, 2.75) is 26.7 Å². The maximum atomic E-state index is 12.1. The lowest BCUT2D eigenvalue weighted by Crippen LogP contribution is -2.20. The van der Waals surface area contributed by atoms with Gasteiger partial charge in [-0.1, -0.05) is 59.1 Å². The van der Waals surface area contributed by atoms with Crippen LogP contribution in [0.4, 0.5) is 0 Å². The Labute approximate surface area is 139 Å². The number of carbonyl (C=O) groups excluding carboxylic acids is 1. The van der Waals surface area contributed by atoms with Gasteiger partial charge in [-0.15, -0.1) is 0 Å². The van der Waals surface area contributed by atoms with Crippen LogP contribution in [-0.4, -0.2) is 11.6 Å². The molecule has 2 rings (SSSR count). The van der Waals surface area contributed by atoms with Crippen molar-refractivity contribution in [2.75, 3.05) is 0 Å². The minimum Gasteiger partial charge on any atom is -0.267 e. The summed E-state index contributed by atoms with van der Waals surface area (Å²) in [5.41, 5.74) is 6.39. The number of aryl methyl sites for hydroxylation is 1. The Morgan fingerprint density at radius 3 is 2.23 bits per heavy atom. The van der Waals surface area contributed by atoms with E-state index in [1.807, 2.05) is 24.3 Å². The molecule has 0 atom stereocenters. The summed E-state index contributed by atoms with van der Waals surface area (Å²) in [6.45, 7) is 4.15. The van der Waals surface area contributed by atoms with Crippen LogP contribution < -0.4 is 5.43 Å². The summed E-state index contributed by atoms with van der Waals surface area (Å²) >= 11 is 3.35. The summed E-state index contributed by atoms with van der Waals surface area (Å²) in [5.74, 6) is -0.201. The van der Waals surface area contributed by atoms with E-state index in [1.165, 1.54) is 5.56 Å². The molecule has 114 valence electrons. The molecular formula is C18H19BrN2O. The standard InChI is InChI=1S/C18H19BrN2O/c1-3-4-17(14-7-5-13(2)6-8-14)20-21-18(22)15-9-11-16(19)12-10-15/h5-12H,3-4H2,1-2H3,(H,21,22). The van der Waals surface area contributed by atoms with Crippen LogP contribution in [0.3, 0.4) is 0 Å². The smallest absolute Gasteiger partial charge is 0.267 e. The second kappa shape index (κ2) is 7.90. The Morgan fingerprint density at radius 2 is 1.64 bits per heavy atom. The van der Waals surface area contributed by atoms with Gasteiger partial charge in [0, 0.05) is 10.0 Å². The third-order valence-electron chi connectivity index (χ3n) is 3.27. The summed E-state index contributed by atoms with van der Waals surface area (Å²) in [4.78, 5) is 12.1. The van der Waals surface area contributed by atoms with Crippen molar-refractivity contribution in [3.8, 4) is 0 Å². The number of amides is 1. The Morgan fingerprint density at radius 1 is 1.05 bits per heavy atom. The van der Waals surface area contributed by atoms with E-state index in [2.05, 4.69) is 52.4 Å². The molecule has 0 saturated carbocycles. The average Bonchev–Trinajstić information content (AvgIpc) is 2.53. The van der Waals surface area contributed by atoms with E-state index in [1.54, 1.807) is 12.1 Å². The monoisotopic (exact) mass is 358 g/mol. The lowest BCUT2D eigenvalue weighted by atomic mass is 10.0. The zero-order chi connectivity index (χ0) is 15.9. The van der Waals surface area contributed by atoms with Crippen LogP contribution in [0.2, 0.25) is 0 Å². The molecule has 0 spiro atoms. The quantitative estimate of drug-likeness (QED) is 0.611. The van der Waals surface area contributed by atoms with Crippen LogP contribution in [0.15, 0.2) is 58.1 Å². The summed E-state index contributed by atoms with van der Waals surface area (Å²) < 4.78 is 0.943. The van der Waals surface area contributed by atoms with Gasteiger partial charge in [0.2, 0.25) is 0 Å². The highest BCUT2D eigenvalue weighted by Crippen LogP contribution is 2.11. The fraction of sp³-hybridized carbons (Fsp3) is 0.222. The number of nitrogens with zero attached hydrogens (tertiary/aromatic N) is 1. The molecule has 0 unspecified atom stereocenters. The number of nitrogens with one attached hydrogen (secondary N) is 1. The van der Waals surface area contributed by atoms with Gasteiger partial charge in [0.25, 0.3) is 5.91 Å². The molecule has 4 heteroatoms. The highest BCUT2D eigenvalue weighted by Gasteiger charge is 2.06. The number of hydrogen-bond donors (Lipinski definition) is 1. The van der Waals surface area contributed by atoms with Crippen LogP contribution >= 0.6 is 15.9 Å². The van der Waals surface area contributed by atoms with Crippen molar-refractivity contribution in [3.05, 3.63) is 69.7 Å². The van der Waals surface area contributed by atoms with Gasteiger partial charge in [-0.05, 0) is 43.2 Å². The van der Waals surface area contributed by atoms with Crippen LogP contribution in [0, 0.1) is 6.92 Å². The van der Waals surface area contributed by atoms with Crippen molar-refractivity contribution in [2.24, 2.45) is 5.10 Å². The zero-order valence-electron chi connectivity index (χ0n) is 12.8. The predicted octanol–water partition coefficient (Wildman–Crippen LogP) is 4.69. The van der Waals surface area contributed by atoms with Gasteiger partial charge in [0.1, 0.15) is 0 Å². The first kappa shape index (κ1) is 16.4. The van der Waals surface area contributed by atoms with E-state index in [0.29, 0.717) is 5.56 Å². The fourth-order valence-electron chi connectivity index (χ4n) is 2.03. The normalized spacial score (nSPS) is 11.3. The van der Waals surface area contributed by atoms with Crippen molar-refractivity contribution in [1.29, 1.82) is 0 Å². The van der Waals surface area contributed by atoms with Gasteiger partial charge in [0.05, 0.1) is 5.71 Å². The minimum atomic E-state index is -0.201. The van der Waals surface area contributed by atoms with Crippen molar-refractivity contribution >= 4 is 27.5 Å². The number of benzene rings is 2. The fourth-order valence-corrected chi connectivity index (χ4v) is 2.30. The van der Waals surface area contributed by atoms with Gasteiger partial charge >= 0.3 is 0 Å². The molecule has 1 N–H and O–H groups in total. The number of carbonyl (C=O) groups is 1. The second-order valence-corrected chi connectivity index (χ2v) is 6.04. The number of hydrogen-bond acceptors (Lipinski definition) is 2. The molecule has 0 aliphatic rings. The molecule has 0 heterocycles. The molecule has 2 aromatic rings. The van der Waals surface area contributed by atoms with E-state index >= 15 is 0 Å². The molecule has 22 heavy (non-hydrogen) atoms. The first-order valence-electron chi connectivity index (χ1n) is 7.29. The molecule has 0 fully saturated rings. The molecule has 0 aliphatic heterocycles. The zero-order valence-corrected chi connectivity index (χ0v) is 14.4. The third-order valence-corrected chi connectivity index (χ3v) is 3.80. The molecule has 0 aliphatic carbocycles. The topological polar surface area (TPSA) is 41.5 Å². The SMILES string of the molecule is CCCC(=NNC(=O)c1ccc(Br)cc1)c1ccc(C)cc1. The number of rotatable bonds is 5. The highest BCUT2D eigenvalue weighted by molar-refractivity contribution is 9.10. The van der Waals surface area contributed by atoms with Crippen LogP contribution in [0.1, 0.15) is 41.3 Å². The van der Waals surface area contributed by atoms with E-state index in [9.17, 15) is 4.79 Å². The maximum Gasteiger partial charge on any atom is 0.271 e. The minimum absolute atomic E-state index is 0.201. The van der Waals surface area contributed by atoms with Gasteiger partial charge < -0.3 is 0 Å². The van der Waals surface area contributed by atoms with Crippen LogP contribution in [0.5, 0.6) is 0 Å². The maximum absolute atomic E-state index is 12.1. The summed E-state index contributed by atoms with van der Waals surface area (Å²) in [5, 5.41) is 4.32. The molecule has 1 amide bonds. The molecule has 3 nitrogen and oxygen atoms in total. The van der Waals surface area contributed by atoms with Gasteiger partial charge in [0.15, 0.2) is 0 Å². The largest absolute Gasteiger partial charge is 0.271 e. The molecule has 0 bridgehead atoms. The average molecular weight is 359 g/mol. The summed E-state index contributed by atoms with van der Waals surface area (Å²) in [6.07, 6.45) is 1.80. The van der Waals surface area contributed by atoms with Crippen LogP contribution in [0.25, 0.3) is 0 Å². The molecule has 2 aromatic carbocycles. The van der Waals surface area contributed by atoms with E-state index in [-0.39, 0.29) is 5.91 Å². The number of hydrazone groups is 1. The Balaban J connectivity index is 2.14. The number of halogens is 1. The Bertz CT molecular complexity index is 660.